The van der Waals surface area contributed by atoms with E-state index in [0.29, 0.717) is 0 Å². The first kappa shape index (κ1) is 17.7. The molecule has 0 aliphatic carbocycles. The van der Waals surface area contributed by atoms with E-state index in [0.717, 1.165) is 13.1 Å². The van der Waals surface area contributed by atoms with E-state index < -0.39 is 0 Å². The van der Waals surface area contributed by atoms with E-state index in [4.69, 9.17) is 0 Å². The van der Waals surface area contributed by atoms with Gasteiger partial charge >= 0.3 is 0 Å². The molecule has 114 valence electrons. The first-order valence-corrected chi connectivity index (χ1v) is 8.03. The number of benzene rings is 1. The van der Waals surface area contributed by atoms with Crippen molar-refractivity contribution in [1.29, 1.82) is 0 Å². The minimum absolute atomic E-state index is 0.0127. The van der Waals surface area contributed by atoms with Crippen molar-refractivity contribution in [3.63, 3.8) is 0 Å². The van der Waals surface area contributed by atoms with E-state index >= 15 is 0 Å². The average molecular weight is 341 g/mol. The van der Waals surface area contributed by atoms with Gasteiger partial charge in [-0.25, -0.2) is 0 Å². The summed E-state index contributed by atoms with van der Waals surface area (Å²) >= 11 is 3.68. The van der Waals surface area contributed by atoms with Crippen LogP contribution in [0.25, 0.3) is 0 Å². The van der Waals surface area contributed by atoms with Crippen molar-refractivity contribution in [3.05, 3.63) is 34.3 Å². The van der Waals surface area contributed by atoms with Gasteiger partial charge in [0.05, 0.1) is 0 Å². The Morgan fingerprint density at radius 3 is 1.90 bits per heavy atom. The zero-order valence-electron chi connectivity index (χ0n) is 14.0. The molecule has 0 atom stereocenters. The van der Waals surface area contributed by atoms with Crippen LogP contribution in [0.5, 0.6) is 0 Å². The minimum atomic E-state index is 0.0127. The lowest BCUT2D eigenvalue weighted by atomic mass is 9.92. The Labute approximate surface area is 133 Å². The number of nitrogens with zero attached hydrogens (tertiary/aromatic N) is 2. The maximum Gasteiger partial charge on any atom is 0.0413 e. The van der Waals surface area contributed by atoms with Crippen LogP contribution in [-0.4, -0.2) is 42.5 Å². The summed E-state index contributed by atoms with van der Waals surface area (Å²) in [6.45, 7) is 13.4. The number of hydrogen-bond acceptors (Lipinski definition) is 2. The maximum absolute atomic E-state index is 3.68. The first-order chi connectivity index (χ1) is 9.06. The van der Waals surface area contributed by atoms with Crippen molar-refractivity contribution in [3.8, 4) is 0 Å². The minimum Gasteiger partial charge on any atom is -0.300 e. The van der Waals surface area contributed by atoms with Crippen molar-refractivity contribution >= 4 is 15.9 Å². The Kier molecular flexibility index (Phi) is 5.82. The Hall–Kier alpha value is -0.380. The molecule has 2 nitrogen and oxygen atoms in total. The molecule has 0 bridgehead atoms. The van der Waals surface area contributed by atoms with Crippen LogP contribution < -0.4 is 0 Å². The van der Waals surface area contributed by atoms with Crippen LogP contribution in [0.2, 0.25) is 0 Å². The highest BCUT2D eigenvalue weighted by molar-refractivity contribution is 9.10. The Balaban J connectivity index is 2.76. The molecule has 0 aromatic heterocycles. The van der Waals surface area contributed by atoms with Gasteiger partial charge in [-0.2, -0.15) is 0 Å². The van der Waals surface area contributed by atoms with E-state index in [2.05, 4.69) is 98.7 Å². The predicted molar refractivity (Wildman–Crippen MR) is 92.2 cm³/mol. The van der Waals surface area contributed by atoms with Crippen LogP contribution in [0.4, 0.5) is 0 Å². The second-order valence-electron chi connectivity index (χ2n) is 7.05. The molecule has 0 fully saturated rings. The van der Waals surface area contributed by atoms with Gasteiger partial charge in [-0.05, 0) is 60.3 Å². The number of hydrogen-bond donors (Lipinski definition) is 0. The molecule has 0 saturated heterocycles. The molecule has 1 aromatic carbocycles. The summed E-state index contributed by atoms with van der Waals surface area (Å²) in [6.07, 6.45) is 0. The molecule has 0 aliphatic heterocycles. The van der Waals surface area contributed by atoms with Crippen molar-refractivity contribution in [1.82, 2.24) is 9.80 Å². The summed E-state index contributed by atoms with van der Waals surface area (Å²) in [4.78, 5) is 4.83. The SMILES string of the molecule is CN(CCN(C)C(C)(C)c1ccccc1Br)C(C)(C)C. The summed E-state index contributed by atoms with van der Waals surface area (Å²) in [5.41, 5.74) is 1.57. The molecular weight excluding hydrogens is 312 g/mol. The molecule has 1 rings (SSSR count). The molecule has 0 aliphatic rings. The quantitative estimate of drug-likeness (QED) is 0.786. The van der Waals surface area contributed by atoms with E-state index in [1.165, 1.54) is 10.0 Å². The van der Waals surface area contributed by atoms with E-state index in [1.807, 2.05) is 0 Å². The molecule has 20 heavy (non-hydrogen) atoms. The van der Waals surface area contributed by atoms with Gasteiger partial charge in [-0.3, -0.25) is 4.90 Å². The smallest absolute Gasteiger partial charge is 0.0413 e. The lowest BCUT2D eigenvalue weighted by Gasteiger charge is -2.39. The highest BCUT2D eigenvalue weighted by atomic mass is 79.9. The van der Waals surface area contributed by atoms with Crippen molar-refractivity contribution in [2.75, 3.05) is 27.2 Å². The number of rotatable bonds is 5. The molecule has 0 N–H and O–H groups in total. The van der Waals surface area contributed by atoms with Gasteiger partial charge in [-0.1, -0.05) is 34.1 Å². The standard InChI is InChI=1S/C17H29BrN2/c1-16(2,3)19(6)12-13-20(7)17(4,5)14-10-8-9-11-15(14)18/h8-11H,12-13H2,1-7H3. The molecule has 1 aromatic rings. The van der Waals surface area contributed by atoms with Crippen molar-refractivity contribution in [2.45, 2.75) is 45.7 Å². The zero-order chi connectivity index (χ0) is 15.6. The molecule has 3 heteroatoms. The third-order valence-electron chi connectivity index (χ3n) is 4.40. The molecule has 0 saturated carbocycles. The van der Waals surface area contributed by atoms with Gasteiger partial charge in [0, 0.05) is 28.6 Å². The highest BCUT2D eigenvalue weighted by Gasteiger charge is 2.28. The second-order valence-corrected chi connectivity index (χ2v) is 7.91. The van der Waals surface area contributed by atoms with Crippen LogP contribution in [0, 0.1) is 0 Å². The fourth-order valence-electron chi connectivity index (χ4n) is 2.08. The molecule has 0 amide bonds. The molecule has 0 radical (unpaired) electrons. The van der Waals surface area contributed by atoms with Gasteiger partial charge in [0.25, 0.3) is 0 Å². The lowest BCUT2D eigenvalue weighted by Crippen LogP contribution is -2.46. The van der Waals surface area contributed by atoms with E-state index in [1.54, 1.807) is 0 Å². The highest BCUT2D eigenvalue weighted by Crippen LogP contribution is 2.32. The Morgan fingerprint density at radius 2 is 1.40 bits per heavy atom. The Bertz CT molecular complexity index is 435. The zero-order valence-corrected chi connectivity index (χ0v) is 15.6. The number of likely N-dealkylation sites (N-methyl/N-ethyl adjacent to an activating group) is 2. The molecule has 0 unspecified atom stereocenters. The molecular formula is C17H29BrN2. The van der Waals surface area contributed by atoms with Crippen molar-refractivity contribution in [2.24, 2.45) is 0 Å². The van der Waals surface area contributed by atoms with Crippen molar-refractivity contribution < 1.29 is 0 Å². The monoisotopic (exact) mass is 340 g/mol. The average Bonchev–Trinajstić information content (AvgIpc) is 2.34. The van der Waals surface area contributed by atoms with Gasteiger partial charge in [0.1, 0.15) is 0 Å². The lowest BCUT2D eigenvalue weighted by molar-refractivity contribution is 0.106. The summed E-state index contributed by atoms with van der Waals surface area (Å²) in [5, 5.41) is 0. The topological polar surface area (TPSA) is 6.48 Å². The van der Waals surface area contributed by atoms with E-state index in [-0.39, 0.29) is 11.1 Å². The van der Waals surface area contributed by atoms with Gasteiger partial charge in [0.15, 0.2) is 0 Å². The third kappa shape index (κ3) is 4.31. The molecule has 0 heterocycles. The summed E-state index contributed by atoms with van der Waals surface area (Å²) in [6, 6.07) is 8.49. The van der Waals surface area contributed by atoms with Crippen LogP contribution in [-0.2, 0) is 5.54 Å². The largest absolute Gasteiger partial charge is 0.300 e. The van der Waals surface area contributed by atoms with Crippen LogP contribution in [0.1, 0.15) is 40.2 Å². The van der Waals surface area contributed by atoms with Gasteiger partial charge in [0.2, 0.25) is 0 Å². The summed E-state index contributed by atoms with van der Waals surface area (Å²) in [5.74, 6) is 0. The summed E-state index contributed by atoms with van der Waals surface area (Å²) in [7, 11) is 4.40. The number of halogens is 1. The van der Waals surface area contributed by atoms with Gasteiger partial charge < -0.3 is 4.90 Å². The second kappa shape index (κ2) is 6.59. The fraction of sp³-hybridized carbons (Fsp3) is 0.647. The Morgan fingerprint density at radius 1 is 0.900 bits per heavy atom. The van der Waals surface area contributed by atoms with Crippen LogP contribution >= 0.6 is 15.9 Å². The molecule has 0 spiro atoms. The van der Waals surface area contributed by atoms with Crippen LogP contribution in [0.3, 0.4) is 0 Å². The van der Waals surface area contributed by atoms with E-state index in [9.17, 15) is 0 Å². The first-order valence-electron chi connectivity index (χ1n) is 7.24. The third-order valence-corrected chi connectivity index (χ3v) is 5.09. The van der Waals surface area contributed by atoms with Crippen LogP contribution in [0.15, 0.2) is 28.7 Å². The predicted octanol–water partition coefficient (Wildman–Crippen LogP) is 4.35. The fourth-order valence-corrected chi connectivity index (χ4v) is 2.85. The normalized spacial score (nSPS) is 13.3. The maximum atomic E-state index is 3.68. The summed E-state index contributed by atoms with van der Waals surface area (Å²) < 4.78 is 1.18. The van der Waals surface area contributed by atoms with Gasteiger partial charge in [-0.15, -0.1) is 0 Å².